The molecule has 1 rings (SSSR count). The lowest BCUT2D eigenvalue weighted by atomic mass is 10.0. The van der Waals surface area contributed by atoms with Crippen molar-refractivity contribution in [1.29, 1.82) is 0 Å². The van der Waals surface area contributed by atoms with Gasteiger partial charge in [0.05, 0.1) is 12.7 Å². The van der Waals surface area contributed by atoms with Gasteiger partial charge in [-0.3, -0.25) is 8.37 Å². The third-order valence-corrected chi connectivity index (χ3v) is 3.35. The van der Waals surface area contributed by atoms with E-state index in [0.717, 1.165) is 0 Å². The molecule has 4 unspecified atom stereocenters. The van der Waals surface area contributed by atoms with Gasteiger partial charge in [-0.05, 0) is 6.92 Å². The van der Waals surface area contributed by atoms with Gasteiger partial charge in [-0.1, -0.05) is 0 Å². The van der Waals surface area contributed by atoms with E-state index in [9.17, 15) is 25.9 Å². The van der Waals surface area contributed by atoms with Gasteiger partial charge in [-0.2, -0.15) is 0 Å². The molecule has 12 heteroatoms. The zero-order valence-corrected chi connectivity index (χ0v) is 11.5. The highest BCUT2D eigenvalue weighted by Gasteiger charge is 2.43. The van der Waals surface area contributed by atoms with Crippen molar-refractivity contribution in [3.8, 4) is 0 Å². The molecule has 0 saturated carbocycles. The molecule has 114 valence electrons. The van der Waals surface area contributed by atoms with E-state index in [1.807, 2.05) is 0 Å². The van der Waals surface area contributed by atoms with E-state index >= 15 is 0 Å². The smallest absolute Gasteiger partial charge is 0.218 e. The van der Waals surface area contributed by atoms with Crippen LogP contribution in [0, 0.1) is 0 Å². The van der Waals surface area contributed by atoms with Gasteiger partial charge >= 0.3 is 0 Å². The minimum Gasteiger partial charge on any atom is -0.726 e. The molecule has 0 bridgehead atoms. The second kappa shape index (κ2) is 5.97. The van der Waals surface area contributed by atoms with Crippen LogP contribution in [-0.4, -0.2) is 64.1 Å². The first-order valence-corrected chi connectivity index (χ1v) is 7.63. The summed E-state index contributed by atoms with van der Waals surface area (Å²) in [5.41, 5.74) is 0. The highest BCUT2D eigenvalue weighted by Crippen LogP contribution is 2.25. The highest BCUT2D eigenvalue weighted by atomic mass is 32.3. The molecule has 10 nitrogen and oxygen atoms in total. The summed E-state index contributed by atoms with van der Waals surface area (Å²) in [6.45, 7) is 1.17. The highest BCUT2D eigenvalue weighted by molar-refractivity contribution is 7.81. The second-order valence-corrected chi connectivity index (χ2v) is 5.77. The van der Waals surface area contributed by atoms with Crippen molar-refractivity contribution in [3.05, 3.63) is 0 Å². The quantitative estimate of drug-likeness (QED) is 0.415. The summed E-state index contributed by atoms with van der Waals surface area (Å²) >= 11 is 0. The molecule has 0 aromatic carbocycles. The Morgan fingerprint density at radius 2 is 1.53 bits per heavy atom. The molecule has 1 heterocycles. The third-order valence-electron chi connectivity index (χ3n) is 2.44. The van der Waals surface area contributed by atoms with Crippen LogP contribution in [0.2, 0.25) is 0 Å². The maximum absolute atomic E-state index is 10.6. The Labute approximate surface area is 110 Å². The van der Waals surface area contributed by atoms with E-state index in [0.29, 0.717) is 0 Å². The average Bonchev–Trinajstić information content (AvgIpc) is 2.20. The Morgan fingerprint density at radius 3 is 1.95 bits per heavy atom. The molecule has 0 spiro atoms. The normalized spacial score (nSPS) is 33.3. The summed E-state index contributed by atoms with van der Waals surface area (Å²) in [7, 11) is -9.11. The van der Waals surface area contributed by atoms with Crippen LogP contribution in [0.15, 0.2) is 0 Å². The molecule has 0 amide bonds. The number of hydrogen-bond acceptors (Lipinski definition) is 10. The summed E-state index contributed by atoms with van der Waals surface area (Å²) in [4.78, 5) is 0. The lowest BCUT2D eigenvalue weighted by molar-refractivity contribution is -0.174. The fourth-order valence-electron chi connectivity index (χ4n) is 1.64. The zero-order valence-electron chi connectivity index (χ0n) is 9.92. The van der Waals surface area contributed by atoms with Crippen LogP contribution < -0.4 is 0 Å². The first-order valence-electron chi connectivity index (χ1n) is 4.96. The molecule has 0 aromatic heterocycles. The molecule has 1 aliphatic rings. The monoisotopic (exact) mass is 320 g/mol. The van der Waals surface area contributed by atoms with Crippen LogP contribution in [0.25, 0.3) is 0 Å². The van der Waals surface area contributed by atoms with Crippen LogP contribution in [-0.2, 0) is 38.6 Å². The van der Waals surface area contributed by atoms with Gasteiger partial charge in [0.1, 0.15) is 18.3 Å². The molecule has 0 N–H and O–H groups in total. The molecule has 1 fully saturated rings. The zero-order chi connectivity index (χ0) is 14.8. The Morgan fingerprint density at radius 1 is 1.05 bits per heavy atom. The van der Waals surface area contributed by atoms with E-state index in [1.165, 1.54) is 14.0 Å². The minimum atomic E-state index is -5.14. The van der Waals surface area contributed by atoms with Crippen molar-refractivity contribution < 1.29 is 43.8 Å². The predicted molar refractivity (Wildman–Crippen MR) is 55.4 cm³/mol. The summed E-state index contributed by atoms with van der Waals surface area (Å²) in [6.07, 6.45) is -5.27. The largest absolute Gasteiger partial charge is 0.726 e. The molecule has 1 aliphatic heterocycles. The second-order valence-electron chi connectivity index (χ2n) is 3.75. The van der Waals surface area contributed by atoms with Gasteiger partial charge < -0.3 is 18.6 Å². The first-order chi connectivity index (χ1) is 8.53. The van der Waals surface area contributed by atoms with E-state index in [4.69, 9.17) is 9.47 Å². The molecule has 0 aliphatic carbocycles. The minimum absolute atomic E-state index is 0.156. The predicted octanol–water partition coefficient (Wildman–Crippen LogP) is -1.89. The molecule has 0 aromatic rings. The number of rotatable bonds is 5. The maximum atomic E-state index is 10.6. The SMILES string of the molecule is COC1COC(C)C(OS(=O)(=O)[O-])C1OS(=O)(=O)[O-]. The first kappa shape index (κ1) is 16.7. The van der Waals surface area contributed by atoms with Crippen LogP contribution in [0.5, 0.6) is 0 Å². The fourth-order valence-corrected chi connectivity index (χ4v) is 2.68. The van der Waals surface area contributed by atoms with Crippen LogP contribution in [0.1, 0.15) is 6.92 Å². The average molecular weight is 320 g/mol. The van der Waals surface area contributed by atoms with Crippen molar-refractivity contribution in [2.75, 3.05) is 13.7 Å². The van der Waals surface area contributed by atoms with Crippen molar-refractivity contribution in [2.24, 2.45) is 0 Å². The Hall–Kier alpha value is -0.340. The van der Waals surface area contributed by atoms with Gasteiger partial charge in [0.2, 0.25) is 20.8 Å². The van der Waals surface area contributed by atoms with Crippen molar-refractivity contribution in [1.82, 2.24) is 0 Å². The Balaban J connectivity index is 3.03. The molecule has 19 heavy (non-hydrogen) atoms. The van der Waals surface area contributed by atoms with Crippen LogP contribution >= 0.6 is 0 Å². The van der Waals surface area contributed by atoms with Gasteiger partial charge in [0.15, 0.2) is 0 Å². The van der Waals surface area contributed by atoms with E-state index in [1.54, 1.807) is 0 Å². The lowest BCUT2D eigenvalue weighted by Gasteiger charge is -2.40. The van der Waals surface area contributed by atoms with Gasteiger partial charge in [0.25, 0.3) is 0 Å². The van der Waals surface area contributed by atoms with Crippen LogP contribution in [0.3, 0.4) is 0 Å². The van der Waals surface area contributed by atoms with Crippen molar-refractivity contribution in [2.45, 2.75) is 31.3 Å². The number of methoxy groups -OCH3 is 1. The summed E-state index contributed by atoms with van der Waals surface area (Å²) < 4.78 is 81.9. The van der Waals surface area contributed by atoms with E-state index < -0.39 is 45.2 Å². The molecule has 4 atom stereocenters. The summed E-state index contributed by atoms with van der Waals surface area (Å²) in [6, 6.07) is 0. The van der Waals surface area contributed by atoms with E-state index in [2.05, 4.69) is 8.37 Å². The molecular formula is C7H12O10S2-2. The lowest BCUT2D eigenvalue weighted by Crippen LogP contribution is -2.56. The van der Waals surface area contributed by atoms with Gasteiger partial charge in [-0.15, -0.1) is 0 Å². The number of hydrogen-bond donors (Lipinski definition) is 0. The standard InChI is InChI=1S/C7H14O10S2/c1-4-6(16-18(8,9)10)7(17-19(11,12)13)5(14-2)3-15-4/h4-7H,3H2,1-2H3,(H,8,9,10)(H,11,12,13)/p-2. The summed E-state index contributed by atoms with van der Waals surface area (Å²) in [5.74, 6) is 0. The van der Waals surface area contributed by atoms with E-state index in [-0.39, 0.29) is 6.61 Å². The Kier molecular flexibility index (Phi) is 5.25. The van der Waals surface area contributed by atoms with Gasteiger partial charge in [-0.25, -0.2) is 16.8 Å². The van der Waals surface area contributed by atoms with Crippen molar-refractivity contribution in [3.63, 3.8) is 0 Å². The summed E-state index contributed by atoms with van der Waals surface area (Å²) in [5, 5.41) is 0. The van der Waals surface area contributed by atoms with Gasteiger partial charge in [0, 0.05) is 7.11 Å². The molecule has 1 saturated heterocycles. The topological polar surface area (TPSA) is 151 Å². The Bertz CT molecular complexity index is 496. The maximum Gasteiger partial charge on any atom is 0.218 e. The fraction of sp³-hybridized carbons (Fsp3) is 1.00. The van der Waals surface area contributed by atoms with Crippen molar-refractivity contribution >= 4 is 20.8 Å². The molecule has 0 radical (unpaired) electrons. The molecular weight excluding hydrogens is 308 g/mol. The number of ether oxygens (including phenoxy) is 2. The third kappa shape index (κ3) is 5.27. The van der Waals surface area contributed by atoms with Crippen LogP contribution in [0.4, 0.5) is 0 Å².